The maximum Gasteiger partial charge on any atom is 0.326 e. The molecule has 0 radical (unpaired) electrons. The molecule has 1 aromatic carbocycles. The first-order chi connectivity index (χ1) is 11.7. The van der Waals surface area contributed by atoms with Gasteiger partial charge in [0.1, 0.15) is 5.82 Å². The lowest BCUT2D eigenvalue weighted by Crippen LogP contribution is -2.34. The molecule has 1 saturated heterocycles. The summed E-state index contributed by atoms with van der Waals surface area (Å²) in [6, 6.07) is 14.4. The SMILES string of the molecule is CN1C(=O)N(c2ccc(C#Cc3ccccc3)cn2)C2CCCC21. The Kier molecular flexibility index (Phi) is 3.70. The number of aromatic nitrogens is 1. The van der Waals surface area contributed by atoms with Gasteiger partial charge in [0.15, 0.2) is 0 Å². The Labute approximate surface area is 142 Å². The summed E-state index contributed by atoms with van der Waals surface area (Å²) in [6.45, 7) is 0. The lowest BCUT2D eigenvalue weighted by atomic mass is 10.1. The van der Waals surface area contributed by atoms with E-state index in [1.54, 1.807) is 6.20 Å². The summed E-state index contributed by atoms with van der Waals surface area (Å²) in [5, 5.41) is 0. The normalized spacial score (nSPS) is 22.3. The molecule has 4 rings (SSSR count). The van der Waals surface area contributed by atoms with Crippen LogP contribution in [0.3, 0.4) is 0 Å². The highest BCUT2D eigenvalue weighted by atomic mass is 16.2. The molecule has 0 bridgehead atoms. The number of carbonyl (C=O) groups is 1. The average molecular weight is 317 g/mol. The molecule has 2 fully saturated rings. The van der Waals surface area contributed by atoms with Crippen LogP contribution in [0.1, 0.15) is 30.4 Å². The summed E-state index contributed by atoms with van der Waals surface area (Å²) in [7, 11) is 1.89. The van der Waals surface area contributed by atoms with Gasteiger partial charge in [-0.2, -0.15) is 0 Å². The number of rotatable bonds is 1. The van der Waals surface area contributed by atoms with Crippen molar-refractivity contribution in [2.75, 3.05) is 11.9 Å². The van der Waals surface area contributed by atoms with Crippen molar-refractivity contribution in [3.63, 3.8) is 0 Å². The number of nitrogens with zero attached hydrogens (tertiary/aromatic N) is 3. The first-order valence-electron chi connectivity index (χ1n) is 8.33. The zero-order chi connectivity index (χ0) is 16.5. The van der Waals surface area contributed by atoms with E-state index < -0.39 is 0 Å². The van der Waals surface area contributed by atoms with Gasteiger partial charge in [-0.25, -0.2) is 9.78 Å². The van der Waals surface area contributed by atoms with E-state index in [0.29, 0.717) is 6.04 Å². The van der Waals surface area contributed by atoms with Gasteiger partial charge in [0, 0.05) is 24.4 Å². The van der Waals surface area contributed by atoms with Crippen LogP contribution >= 0.6 is 0 Å². The van der Waals surface area contributed by atoms with Crippen molar-refractivity contribution >= 4 is 11.8 Å². The number of pyridine rings is 1. The van der Waals surface area contributed by atoms with E-state index in [4.69, 9.17) is 0 Å². The van der Waals surface area contributed by atoms with Crippen LogP contribution in [0.25, 0.3) is 0 Å². The highest BCUT2D eigenvalue weighted by Gasteiger charge is 2.47. The monoisotopic (exact) mass is 317 g/mol. The van der Waals surface area contributed by atoms with E-state index in [0.717, 1.165) is 29.8 Å². The van der Waals surface area contributed by atoms with Crippen molar-refractivity contribution in [1.82, 2.24) is 9.88 Å². The Morgan fingerprint density at radius 2 is 1.75 bits per heavy atom. The lowest BCUT2D eigenvalue weighted by Gasteiger charge is -2.20. The molecule has 1 aliphatic carbocycles. The van der Waals surface area contributed by atoms with E-state index in [2.05, 4.69) is 16.8 Å². The van der Waals surface area contributed by atoms with E-state index in [9.17, 15) is 4.79 Å². The van der Waals surface area contributed by atoms with Crippen molar-refractivity contribution in [3.05, 3.63) is 59.8 Å². The number of urea groups is 1. The third kappa shape index (κ3) is 2.52. The van der Waals surface area contributed by atoms with Crippen molar-refractivity contribution in [2.24, 2.45) is 0 Å². The summed E-state index contributed by atoms with van der Waals surface area (Å²) < 4.78 is 0. The fourth-order valence-electron chi connectivity index (χ4n) is 3.66. The minimum atomic E-state index is 0.0559. The average Bonchev–Trinajstić information content (AvgIpc) is 3.18. The van der Waals surface area contributed by atoms with Gasteiger partial charge >= 0.3 is 6.03 Å². The van der Waals surface area contributed by atoms with E-state index in [-0.39, 0.29) is 12.1 Å². The third-order valence-electron chi connectivity index (χ3n) is 4.90. The first-order valence-corrected chi connectivity index (χ1v) is 8.33. The molecule has 2 aromatic rings. The Morgan fingerprint density at radius 1 is 1.00 bits per heavy atom. The van der Waals surface area contributed by atoms with Crippen molar-refractivity contribution in [1.29, 1.82) is 0 Å². The summed E-state index contributed by atoms with van der Waals surface area (Å²) in [5.74, 6) is 6.97. The van der Waals surface area contributed by atoms with E-state index in [1.165, 1.54) is 6.42 Å². The summed E-state index contributed by atoms with van der Waals surface area (Å²) >= 11 is 0. The van der Waals surface area contributed by atoms with Crippen molar-refractivity contribution < 1.29 is 4.79 Å². The zero-order valence-electron chi connectivity index (χ0n) is 13.6. The van der Waals surface area contributed by atoms with Crippen LogP contribution in [0.2, 0.25) is 0 Å². The Bertz CT molecular complexity index is 804. The van der Waals surface area contributed by atoms with Crippen molar-refractivity contribution in [3.8, 4) is 11.8 Å². The van der Waals surface area contributed by atoms with Crippen LogP contribution in [-0.4, -0.2) is 35.0 Å². The maximum atomic E-state index is 12.5. The van der Waals surface area contributed by atoms with Crippen LogP contribution in [0.5, 0.6) is 0 Å². The molecule has 4 nitrogen and oxygen atoms in total. The molecule has 120 valence electrons. The smallest absolute Gasteiger partial charge is 0.322 e. The van der Waals surface area contributed by atoms with Gasteiger partial charge < -0.3 is 4.90 Å². The molecule has 24 heavy (non-hydrogen) atoms. The number of likely N-dealkylation sites (N-methyl/N-ethyl adjacent to an activating group) is 1. The molecule has 1 aromatic heterocycles. The van der Waals surface area contributed by atoms with Crippen LogP contribution < -0.4 is 4.90 Å². The van der Waals surface area contributed by atoms with Gasteiger partial charge in [-0.1, -0.05) is 30.0 Å². The molecule has 1 saturated carbocycles. The minimum Gasteiger partial charge on any atom is -0.322 e. The maximum absolute atomic E-state index is 12.5. The second-order valence-electron chi connectivity index (χ2n) is 6.35. The molecule has 1 aliphatic heterocycles. The molecule has 4 heteroatoms. The second-order valence-corrected chi connectivity index (χ2v) is 6.35. The number of hydrogen-bond donors (Lipinski definition) is 0. The molecule has 0 spiro atoms. The Hall–Kier alpha value is -2.80. The van der Waals surface area contributed by atoms with Gasteiger partial charge in [0.05, 0.1) is 12.1 Å². The lowest BCUT2D eigenvalue weighted by molar-refractivity contribution is 0.218. The Morgan fingerprint density at radius 3 is 2.50 bits per heavy atom. The summed E-state index contributed by atoms with van der Waals surface area (Å²) in [4.78, 5) is 20.7. The highest BCUT2D eigenvalue weighted by Crippen LogP contribution is 2.36. The van der Waals surface area contributed by atoms with Gasteiger partial charge in [0.2, 0.25) is 0 Å². The number of benzene rings is 1. The zero-order valence-corrected chi connectivity index (χ0v) is 13.6. The minimum absolute atomic E-state index is 0.0559. The molecule has 2 amide bonds. The molecule has 0 N–H and O–H groups in total. The molecule has 2 unspecified atom stereocenters. The quantitative estimate of drug-likeness (QED) is 0.757. The van der Waals surface area contributed by atoms with E-state index in [1.807, 2.05) is 59.3 Å². The first kappa shape index (κ1) is 14.8. The Balaban J connectivity index is 1.56. The fourth-order valence-corrected chi connectivity index (χ4v) is 3.66. The van der Waals surface area contributed by atoms with Crippen LogP contribution in [0.4, 0.5) is 10.6 Å². The molecule has 2 atom stereocenters. The molecular formula is C20H19N3O. The number of carbonyl (C=O) groups excluding carboxylic acids is 1. The van der Waals surface area contributed by atoms with Gasteiger partial charge in [-0.3, -0.25) is 4.90 Å². The van der Waals surface area contributed by atoms with Gasteiger partial charge in [-0.05, 0) is 43.5 Å². The van der Waals surface area contributed by atoms with Crippen molar-refractivity contribution in [2.45, 2.75) is 31.3 Å². The van der Waals surface area contributed by atoms with Crippen LogP contribution in [0, 0.1) is 11.8 Å². The number of anilines is 1. The van der Waals surface area contributed by atoms with Gasteiger partial charge in [-0.15, -0.1) is 0 Å². The van der Waals surface area contributed by atoms with Crippen LogP contribution in [-0.2, 0) is 0 Å². The van der Waals surface area contributed by atoms with Gasteiger partial charge in [0.25, 0.3) is 0 Å². The molecular weight excluding hydrogens is 298 g/mol. The summed E-state index contributed by atoms with van der Waals surface area (Å²) in [6.07, 6.45) is 5.06. The van der Waals surface area contributed by atoms with Crippen LogP contribution in [0.15, 0.2) is 48.7 Å². The summed E-state index contributed by atoms with van der Waals surface area (Å²) in [5.41, 5.74) is 1.83. The number of fused-ring (bicyclic) bond motifs is 1. The highest BCUT2D eigenvalue weighted by molar-refractivity contribution is 5.94. The topological polar surface area (TPSA) is 36.4 Å². The second kappa shape index (κ2) is 6.01. The number of amides is 2. The van der Waals surface area contributed by atoms with E-state index >= 15 is 0 Å². The fraction of sp³-hybridized carbons (Fsp3) is 0.300. The third-order valence-corrected chi connectivity index (χ3v) is 4.90. The number of hydrogen-bond acceptors (Lipinski definition) is 2. The predicted octanol–water partition coefficient (Wildman–Crippen LogP) is 3.27. The largest absolute Gasteiger partial charge is 0.326 e. The predicted molar refractivity (Wildman–Crippen MR) is 93.7 cm³/mol. The molecule has 2 heterocycles. The standard InChI is InChI=1S/C20H19N3O/c1-22-17-8-5-9-18(17)23(20(22)24)19-13-12-16(14-21-19)11-10-15-6-3-2-4-7-15/h2-4,6-7,12-14,17-18H,5,8-9H2,1H3. The molecule has 2 aliphatic rings.